The van der Waals surface area contributed by atoms with Crippen molar-refractivity contribution in [3.05, 3.63) is 35.5 Å². The lowest BCUT2D eigenvalue weighted by molar-refractivity contribution is -0.153. The van der Waals surface area contributed by atoms with E-state index in [1.165, 1.54) is 6.20 Å². The molecule has 2 aromatic heterocycles. The number of aromatic nitrogens is 3. The number of nitrogens with one attached hydrogen (secondary N) is 1. The van der Waals surface area contributed by atoms with E-state index in [2.05, 4.69) is 15.0 Å². The third kappa shape index (κ3) is 3.57. The van der Waals surface area contributed by atoms with Crippen molar-refractivity contribution < 1.29 is 22.1 Å². The average Bonchev–Trinajstić information content (AvgIpc) is 2.96. The third-order valence-corrected chi connectivity index (χ3v) is 4.78. The fraction of sp³-hybridized carbons (Fsp3) is 0.294. The molecule has 9 heteroatoms. The van der Waals surface area contributed by atoms with Crippen LogP contribution in [0.25, 0.3) is 22.6 Å². The van der Waals surface area contributed by atoms with Crippen LogP contribution in [0, 0.1) is 13.8 Å². The molecule has 5 nitrogen and oxygen atoms in total. The fourth-order valence-electron chi connectivity index (χ4n) is 2.68. The van der Waals surface area contributed by atoms with E-state index in [1.54, 1.807) is 38.3 Å². The quantitative estimate of drug-likeness (QED) is 0.742. The number of hydrogen-bond donors (Lipinski definition) is 1. The van der Waals surface area contributed by atoms with E-state index in [-0.39, 0.29) is 5.75 Å². The van der Waals surface area contributed by atoms with Gasteiger partial charge in [-0.3, -0.25) is 9.19 Å². The van der Waals surface area contributed by atoms with Crippen molar-refractivity contribution in [2.45, 2.75) is 24.9 Å². The van der Waals surface area contributed by atoms with Crippen LogP contribution in [0.2, 0.25) is 0 Å². The van der Waals surface area contributed by atoms with Crippen molar-refractivity contribution in [2.24, 2.45) is 0 Å². The summed E-state index contributed by atoms with van der Waals surface area (Å²) in [4.78, 5) is 12.4. The zero-order valence-corrected chi connectivity index (χ0v) is 15.1. The van der Waals surface area contributed by atoms with Crippen molar-refractivity contribution in [3.8, 4) is 17.3 Å². The van der Waals surface area contributed by atoms with Gasteiger partial charge >= 0.3 is 6.18 Å². The number of para-hydroxylation sites is 1. The van der Waals surface area contributed by atoms with Gasteiger partial charge in [-0.2, -0.15) is 13.2 Å². The summed E-state index contributed by atoms with van der Waals surface area (Å²) < 4.78 is 54.3. The van der Waals surface area contributed by atoms with Crippen molar-refractivity contribution in [1.82, 2.24) is 15.0 Å². The number of pyridine rings is 1. The Morgan fingerprint density at radius 1 is 1.27 bits per heavy atom. The molecular weight excluding hydrogens is 367 g/mol. The number of benzene rings is 1. The van der Waals surface area contributed by atoms with E-state index >= 15 is 0 Å². The molecular formula is C17H16F3N3O2S. The summed E-state index contributed by atoms with van der Waals surface area (Å²) in [6.07, 6.45) is -1.43. The minimum absolute atomic E-state index is 0.132. The minimum Gasteiger partial charge on any atom is -0.483 e. The van der Waals surface area contributed by atoms with Gasteiger partial charge in [-0.1, -0.05) is 6.07 Å². The summed E-state index contributed by atoms with van der Waals surface area (Å²) in [7, 11) is -1.23. The molecule has 0 aliphatic carbocycles. The number of ether oxygens (including phenoxy) is 1. The monoisotopic (exact) mass is 383 g/mol. The number of alkyl halides is 3. The van der Waals surface area contributed by atoms with E-state index in [1.807, 2.05) is 0 Å². The van der Waals surface area contributed by atoms with Crippen molar-refractivity contribution in [2.75, 3.05) is 12.9 Å². The smallest absolute Gasteiger partial charge is 0.422 e. The number of halogens is 3. The molecule has 2 heterocycles. The molecule has 0 radical (unpaired) electrons. The first-order valence-corrected chi connectivity index (χ1v) is 9.21. The Balaban J connectivity index is 2.08. The van der Waals surface area contributed by atoms with Gasteiger partial charge in [0.25, 0.3) is 0 Å². The van der Waals surface area contributed by atoms with Crippen LogP contribution in [0.15, 0.2) is 29.3 Å². The molecule has 3 rings (SSSR count). The minimum atomic E-state index is -4.43. The van der Waals surface area contributed by atoms with Crippen LogP contribution in [-0.4, -0.2) is 38.2 Å². The first-order valence-electron chi connectivity index (χ1n) is 7.65. The van der Waals surface area contributed by atoms with E-state index in [9.17, 15) is 17.4 Å². The second-order valence-corrected chi connectivity index (χ2v) is 7.19. The molecule has 1 unspecified atom stereocenters. The molecule has 1 N–H and O–H groups in total. The summed E-state index contributed by atoms with van der Waals surface area (Å²) in [5.74, 6) is 0.513. The Labute approximate surface area is 150 Å². The summed E-state index contributed by atoms with van der Waals surface area (Å²) in [5.41, 5.74) is 2.56. The maximum Gasteiger partial charge on any atom is 0.422 e. The van der Waals surface area contributed by atoms with Crippen LogP contribution in [0.5, 0.6) is 5.75 Å². The summed E-state index contributed by atoms with van der Waals surface area (Å²) in [6.45, 7) is 1.89. The number of imidazole rings is 1. The van der Waals surface area contributed by atoms with E-state index in [0.29, 0.717) is 38.6 Å². The SMILES string of the molecule is Cc1cnc(-c2nc3c(S(C)=O)cccc3[nH]2)c(C)c1OCC(F)(F)F. The van der Waals surface area contributed by atoms with Crippen molar-refractivity contribution in [3.63, 3.8) is 0 Å². The highest BCUT2D eigenvalue weighted by molar-refractivity contribution is 7.84. The Hall–Kier alpha value is -2.42. The van der Waals surface area contributed by atoms with Gasteiger partial charge in [0.15, 0.2) is 12.4 Å². The highest BCUT2D eigenvalue weighted by atomic mass is 32.2. The van der Waals surface area contributed by atoms with Crippen LogP contribution >= 0.6 is 0 Å². The molecule has 26 heavy (non-hydrogen) atoms. The number of H-pyrrole nitrogens is 1. The zero-order valence-electron chi connectivity index (χ0n) is 14.3. The largest absolute Gasteiger partial charge is 0.483 e. The Bertz CT molecular complexity index is 999. The van der Waals surface area contributed by atoms with Crippen LogP contribution in [0.4, 0.5) is 13.2 Å². The van der Waals surface area contributed by atoms with Crippen LogP contribution in [-0.2, 0) is 10.8 Å². The molecule has 1 atom stereocenters. The van der Waals surface area contributed by atoms with Crippen molar-refractivity contribution >= 4 is 21.8 Å². The summed E-state index contributed by atoms with van der Waals surface area (Å²) in [6, 6.07) is 5.26. The first-order chi connectivity index (χ1) is 12.2. The van der Waals surface area contributed by atoms with Gasteiger partial charge in [0.2, 0.25) is 0 Å². The fourth-order valence-corrected chi connectivity index (χ4v) is 3.38. The second kappa shape index (κ2) is 6.71. The predicted molar refractivity (Wildman–Crippen MR) is 92.7 cm³/mol. The summed E-state index contributed by atoms with van der Waals surface area (Å²) >= 11 is 0. The maximum atomic E-state index is 12.5. The van der Waals surface area contributed by atoms with E-state index in [0.717, 1.165) is 0 Å². The molecule has 0 aliphatic heterocycles. The van der Waals surface area contributed by atoms with Gasteiger partial charge in [0.1, 0.15) is 17.0 Å². The van der Waals surface area contributed by atoms with Crippen LogP contribution < -0.4 is 4.74 Å². The zero-order chi connectivity index (χ0) is 19.1. The molecule has 138 valence electrons. The first kappa shape index (κ1) is 18.4. The Morgan fingerprint density at radius 2 is 2.00 bits per heavy atom. The van der Waals surface area contributed by atoms with E-state index in [4.69, 9.17) is 4.74 Å². The molecule has 0 saturated carbocycles. The lowest BCUT2D eigenvalue weighted by Crippen LogP contribution is -2.20. The molecule has 0 amide bonds. The molecule has 0 fully saturated rings. The lowest BCUT2D eigenvalue weighted by atomic mass is 10.1. The topological polar surface area (TPSA) is 67.9 Å². The van der Waals surface area contributed by atoms with E-state index < -0.39 is 23.6 Å². The summed E-state index contributed by atoms with van der Waals surface area (Å²) in [5, 5.41) is 0. The molecule has 0 saturated heterocycles. The van der Waals surface area contributed by atoms with Gasteiger partial charge < -0.3 is 9.72 Å². The number of hydrogen-bond acceptors (Lipinski definition) is 4. The molecule has 0 spiro atoms. The molecule has 0 bridgehead atoms. The highest BCUT2D eigenvalue weighted by Gasteiger charge is 2.29. The number of rotatable bonds is 4. The highest BCUT2D eigenvalue weighted by Crippen LogP contribution is 2.32. The normalized spacial score (nSPS) is 13.2. The molecule has 3 aromatic rings. The van der Waals surface area contributed by atoms with Crippen molar-refractivity contribution in [1.29, 1.82) is 0 Å². The van der Waals surface area contributed by atoms with Gasteiger partial charge in [0.05, 0.1) is 21.2 Å². The Kier molecular flexibility index (Phi) is 4.74. The second-order valence-electron chi connectivity index (χ2n) is 5.84. The Morgan fingerprint density at radius 3 is 2.65 bits per heavy atom. The van der Waals surface area contributed by atoms with Gasteiger partial charge in [-0.05, 0) is 26.0 Å². The standard InChI is InChI=1S/C17H16F3N3O2S/c1-9-7-21-13(10(2)15(9)25-8-17(18,19)20)16-22-11-5-4-6-12(26(3)24)14(11)23-16/h4-7H,8H2,1-3H3,(H,22,23). The number of fused-ring (bicyclic) bond motifs is 1. The van der Waals surface area contributed by atoms with Gasteiger partial charge in [0, 0.05) is 23.6 Å². The average molecular weight is 383 g/mol. The van der Waals surface area contributed by atoms with Gasteiger partial charge in [-0.15, -0.1) is 0 Å². The van der Waals surface area contributed by atoms with Crippen LogP contribution in [0.3, 0.4) is 0 Å². The number of aryl methyl sites for hydroxylation is 1. The third-order valence-electron chi connectivity index (χ3n) is 3.83. The van der Waals surface area contributed by atoms with Gasteiger partial charge in [-0.25, -0.2) is 4.98 Å². The van der Waals surface area contributed by atoms with Crippen LogP contribution in [0.1, 0.15) is 11.1 Å². The predicted octanol–water partition coefficient (Wildman–Crippen LogP) is 3.92. The number of aromatic amines is 1. The maximum absolute atomic E-state index is 12.5. The molecule has 1 aromatic carbocycles. The lowest BCUT2D eigenvalue weighted by Gasteiger charge is -2.15. The molecule has 0 aliphatic rings. The number of nitrogens with zero attached hydrogens (tertiary/aromatic N) is 2.